The Bertz CT molecular complexity index is 582. The van der Waals surface area contributed by atoms with Crippen LogP contribution in [0, 0.1) is 6.92 Å². The van der Waals surface area contributed by atoms with Crippen LogP contribution in [-0.2, 0) is 6.42 Å². The molecule has 0 atom stereocenters. The van der Waals surface area contributed by atoms with Crippen LogP contribution in [0.15, 0.2) is 30.3 Å². The molecule has 20 heavy (non-hydrogen) atoms. The van der Waals surface area contributed by atoms with Gasteiger partial charge in [0.2, 0.25) is 0 Å². The number of nitrogen functional groups attached to an aromatic ring is 1. The number of aromatic nitrogens is 2. The highest BCUT2D eigenvalue weighted by Crippen LogP contribution is 2.16. The zero-order valence-corrected chi connectivity index (χ0v) is 12.3. The number of nitrogens with two attached hydrogens (primary N) is 1. The lowest BCUT2D eigenvalue weighted by molar-refractivity contribution is 0.294. The fraction of sp³-hybridized carbons (Fsp3) is 0.375. The van der Waals surface area contributed by atoms with Gasteiger partial charge in [-0.15, -0.1) is 0 Å². The Balaban J connectivity index is 1.99. The molecule has 1 heterocycles. The van der Waals surface area contributed by atoms with Crippen LogP contribution in [0.25, 0.3) is 0 Å². The van der Waals surface area contributed by atoms with Crippen LogP contribution in [0.1, 0.15) is 36.7 Å². The Morgan fingerprint density at radius 3 is 2.65 bits per heavy atom. The van der Waals surface area contributed by atoms with Crippen molar-refractivity contribution in [2.75, 3.05) is 12.3 Å². The number of rotatable bonds is 5. The van der Waals surface area contributed by atoms with Gasteiger partial charge in [0.25, 0.3) is 0 Å². The lowest BCUT2D eigenvalue weighted by Crippen LogP contribution is -2.08. The van der Waals surface area contributed by atoms with E-state index in [-0.39, 0.29) is 0 Å². The van der Waals surface area contributed by atoms with Crippen LogP contribution in [0.4, 0.5) is 5.69 Å². The van der Waals surface area contributed by atoms with E-state index in [1.165, 1.54) is 0 Å². The van der Waals surface area contributed by atoms with Crippen LogP contribution in [0.3, 0.4) is 0 Å². The van der Waals surface area contributed by atoms with E-state index in [0.29, 0.717) is 18.5 Å². The van der Waals surface area contributed by atoms with Crippen LogP contribution < -0.4 is 10.5 Å². The molecular formula is C16H21N3O. The summed E-state index contributed by atoms with van der Waals surface area (Å²) in [4.78, 5) is 8.73. The van der Waals surface area contributed by atoms with Gasteiger partial charge in [-0.1, -0.05) is 32.0 Å². The first kappa shape index (κ1) is 14.3. The van der Waals surface area contributed by atoms with Crippen LogP contribution >= 0.6 is 0 Å². The number of anilines is 1. The number of para-hydroxylation sites is 1. The zero-order valence-electron chi connectivity index (χ0n) is 12.3. The van der Waals surface area contributed by atoms with Crippen molar-refractivity contribution in [2.45, 2.75) is 33.1 Å². The minimum absolute atomic E-state index is 0.365. The van der Waals surface area contributed by atoms with Crippen molar-refractivity contribution in [3.63, 3.8) is 0 Å². The molecule has 0 saturated heterocycles. The van der Waals surface area contributed by atoms with E-state index >= 15 is 0 Å². The van der Waals surface area contributed by atoms with Crippen molar-refractivity contribution in [2.24, 2.45) is 0 Å². The summed E-state index contributed by atoms with van der Waals surface area (Å²) < 4.78 is 5.66. The molecule has 0 spiro atoms. The minimum atomic E-state index is 0.365. The lowest BCUT2D eigenvalue weighted by Gasteiger charge is -2.10. The highest BCUT2D eigenvalue weighted by molar-refractivity contribution is 5.46. The summed E-state index contributed by atoms with van der Waals surface area (Å²) in [6.45, 7) is 6.69. The largest absolute Gasteiger partial charge is 0.463 e. The molecule has 2 N–H and O–H groups in total. The lowest BCUT2D eigenvalue weighted by atomic mass is 10.1. The second-order valence-electron chi connectivity index (χ2n) is 5.17. The Kier molecular flexibility index (Phi) is 4.56. The summed E-state index contributed by atoms with van der Waals surface area (Å²) >= 11 is 0. The molecule has 0 aliphatic carbocycles. The van der Waals surface area contributed by atoms with E-state index in [9.17, 15) is 0 Å². The molecule has 2 aromatic rings. The smallest absolute Gasteiger partial charge is 0.316 e. The van der Waals surface area contributed by atoms with E-state index in [1.807, 2.05) is 37.3 Å². The van der Waals surface area contributed by atoms with Gasteiger partial charge in [-0.2, -0.15) is 4.98 Å². The van der Waals surface area contributed by atoms with Gasteiger partial charge in [0.05, 0.1) is 12.3 Å². The molecular weight excluding hydrogens is 250 g/mol. The molecule has 0 aliphatic heterocycles. The first-order valence-electron chi connectivity index (χ1n) is 6.88. The Morgan fingerprint density at radius 2 is 1.95 bits per heavy atom. The summed E-state index contributed by atoms with van der Waals surface area (Å²) in [6.07, 6.45) is 0.751. The number of nitrogens with zero attached hydrogens (tertiary/aromatic N) is 2. The van der Waals surface area contributed by atoms with Gasteiger partial charge in [0.1, 0.15) is 0 Å². The van der Waals surface area contributed by atoms with Gasteiger partial charge in [0, 0.05) is 17.8 Å². The predicted molar refractivity (Wildman–Crippen MR) is 80.9 cm³/mol. The molecule has 0 radical (unpaired) electrons. The number of ether oxygens (including phenoxy) is 1. The Hall–Kier alpha value is -2.10. The van der Waals surface area contributed by atoms with E-state index in [0.717, 1.165) is 29.1 Å². The van der Waals surface area contributed by atoms with Crippen LogP contribution in [0.5, 0.6) is 6.01 Å². The molecule has 4 heteroatoms. The molecule has 1 aromatic carbocycles. The second-order valence-corrected chi connectivity index (χ2v) is 5.17. The fourth-order valence-electron chi connectivity index (χ4n) is 1.94. The van der Waals surface area contributed by atoms with Gasteiger partial charge in [-0.25, -0.2) is 4.98 Å². The molecule has 106 valence electrons. The van der Waals surface area contributed by atoms with Gasteiger partial charge in [-0.3, -0.25) is 0 Å². The van der Waals surface area contributed by atoms with Gasteiger partial charge in [0.15, 0.2) is 0 Å². The van der Waals surface area contributed by atoms with Crippen LogP contribution in [0.2, 0.25) is 0 Å². The molecule has 1 aromatic heterocycles. The normalized spacial score (nSPS) is 10.8. The zero-order chi connectivity index (χ0) is 14.5. The average molecular weight is 271 g/mol. The number of hydrogen-bond donors (Lipinski definition) is 1. The number of hydrogen-bond acceptors (Lipinski definition) is 4. The van der Waals surface area contributed by atoms with Crippen molar-refractivity contribution in [3.8, 4) is 6.01 Å². The van der Waals surface area contributed by atoms with Crippen molar-refractivity contribution in [1.82, 2.24) is 9.97 Å². The third-order valence-electron chi connectivity index (χ3n) is 3.10. The second kappa shape index (κ2) is 6.37. The topological polar surface area (TPSA) is 61.0 Å². The molecule has 0 aliphatic rings. The Morgan fingerprint density at radius 1 is 1.20 bits per heavy atom. The maximum atomic E-state index is 5.90. The Labute approximate surface area is 120 Å². The molecule has 0 fully saturated rings. The summed E-state index contributed by atoms with van der Waals surface area (Å²) in [6, 6.07) is 10.3. The van der Waals surface area contributed by atoms with Crippen molar-refractivity contribution in [1.29, 1.82) is 0 Å². The van der Waals surface area contributed by atoms with E-state index in [4.69, 9.17) is 10.5 Å². The monoisotopic (exact) mass is 271 g/mol. The molecule has 0 amide bonds. The molecule has 0 saturated carbocycles. The summed E-state index contributed by atoms with van der Waals surface area (Å²) in [5, 5.41) is 0. The molecule has 2 rings (SSSR count). The molecule has 4 nitrogen and oxygen atoms in total. The van der Waals surface area contributed by atoms with Gasteiger partial charge >= 0.3 is 6.01 Å². The van der Waals surface area contributed by atoms with E-state index in [2.05, 4.69) is 23.8 Å². The third kappa shape index (κ3) is 3.70. The van der Waals surface area contributed by atoms with Crippen molar-refractivity contribution in [3.05, 3.63) is 47.3 Å². The standard InChI is InChI=1S/C16H21N3O/c1-11(2)15-10-12(3)18-16(19-15)20-9-8-13-6-4-5-7-14(13)17/h4-7,10-11H,8-9,17H2,1-3H3. The van der Waals surface area contributed by atoms with E-state index in [1.54, 1.807) is 0 Å². The highest BCUT2D eigenvalue weighted by atomic mass is 16.5. The van der Waals surface area contributed by atoms with Crippen molar-refractivity contribution >= 4 is 5.69 Å². The maximum absolute atomic E-state index is 5.90. The quantitative estimate of drug-likeness (QED) is 0.849. The average Bonchev–Trinajstić information content (AvgIpc) is 2.40. The predicted octanol–water partition coefficient (Wildman–Crippen LogP) is 3.11. The highest BCUT2D eigenvalue weighted by Gasteiger charge is 2.07. The third-order valence-corrected chi connectivity index (χ3v) is 3.10. The number of benzene rings is 1. The van der Waals surface area contributed by atoms with Crippen molar-refractivity contribution < 1.29 is 4.74 Å². The van der Waals surface area contributed by atoms with E-state index < -0.39 is 0 Å². The van der Waals surface area contributed by atoms with Gasteiger partial charge in [-0.05, 0) is 30.5 Å². The molecule has 0 bridgehead atoms. The van der Waals surface area contributed by atoms with Crippen LogP contribution in [-0.4, -0.2) is 16.6 Å². The molecule has 0 unspecified atom stereocenters. The SMILES string of the molecule is Cc1cc(C(C)C)nc(OCCc2ccccc2N)n1. The fourth-order valence-corrected chi connectivity index (χ4v) is 1.94. The number of aryl methyl sites for hydroxylation is 1. The minimum Gasteiger partial charge on any atom is -0.463 e. The van der Waals surface area contributed by atoms with Gasteiger partial charge < -0.3 is 10.5 Å². The summed E-state index contributed by atoms with van der Waals surface area (Å²) in [5.74, 6) is 0.365. The maximum Gasteiger partial charge on any atom is 0.316 e. The first-order valence-corrected chi connectivity index (χ1v) is 6.88. The summed E-state index contributed by atoms with van der Waals surface area (Å²) in [7, 11) is 0. The summed E-state index contributed by atoms with van der Waals surface area (Å²) in [5.41, 5.74) is 9.72. The first-order chi connectivity index (χ1) is 9.56.